The molecule has 122 valence electrons. The van der Waals surface area contributed by atoms with Gasteiger partial charge in [-0.05, 0) is 24.5 Å². The summed E-state index contributed by atoms with van der Waals surface area (Å²) >= 11 is 6.01. The maximum Gasteiger partial charge on any atom is 0.159 e. The zero-order valence-corrected chi connectivity index (χ0v) is 14.5. The van der Waals surface area contributed by atoms with Gasteiger partial charge in [0.15, 0.2) is 5.82 Å². The first-order valence-electron chi connectivity index (χ1n) is 8.52. The van der Waals surface area contributed by atoms with Gasteiger partial charge in [0.1, 0.15) is 5.69 Å². The number of nitrogens with zero attached hydrogens (tertiary/aromatic N) is 3. The number of hydrogen-bond acceptors (Lipinski definition) is 3. The summed E-state index contributed by atoms with van der Waals surface area (Å²) in [6, 6.07) is 16.2. The molecular weight excluding hydrogens is 318 g/mol. The van der Waals surface area contributed by atoms with Gasteiger partial charge in [-0.15, -0.1) is 10.2 Å². The van der Waals surface area contributed by atoms with E-state index in [2.05, 4.69) is 46.3 Å². The van der Waals surface area contributed by atoms with Crippen molar-refractivity contribution in [3.05, 3.63) is 53.6 Å². The fourth-order valence-corrected chi connectivity index (χ4v) is 3.63. The van der Waals surface area contributed by atoms with Crippen LogP contribution in [0.2, 0.25) is 5.02 Å². The van der Waals surface area contributed by atoms with Gasteiger partial charge >= 0.3 is 0 Å². The predicted octanol–water partition coefficient (Wildman–Crippen LogP) is 5.19. The van der Waals surface area contributed by atoms with Gasteiger partial charge in [0.2, 0.25) is 0 Å². The smallest absolute Gasteiger partial charge is 0.159 e. The average molecular weight is 338 g/mol. The highest BCUT2D eigenvalue weighted by molar-refractivity contribution is 6.30. The van der Waals surface area contributed by atoms with Crippen LogP contribution in [-0.4, -0.2) is 23.3 Å². The Kier molecular flexibility index (Phi) is 4.11. The summed E-state index contributed by atoms with van der Waals surface area (Å²) in [6.45, 7) is 4.41. The third-order valence-electron chi connectivity index (χ3n) is 4.95. The van der Waals surface area contributed by atoms with Gasteiger partial charge < -0.3 is 4.90 Å². The van der Waals surface area contributed by atoms with Crippen LogP contribution >= 0.6 is 11.6 Å². The fraction of sp³-hybridized carbons (Fsp3) is 0.300. The Labute approximate surface area is 147 Å². The van der Waals surface area contributed by atoms with E-state index in [4.69, 9.17) is 11.6 Å². The molecule has 1 unspecified atom stereocenters. The normalized spacial score (nSPS) is 17.6. The summed E-state index contributed by atoms with van der Waals surface area (Å²) in [5.41, 5.74) is 1.96. The van der Waals surface area contributed by atoms with Crippen LogP contribution in [0.25, 0.3) is 22.0 Å². The highest BCUT2D eigenvalue weighted by atomic mass is 35.5. The van der Waals surface area contributed by atoms with Crippen molar-refractivity contribution < 1.29 is 0 Å². The summed E-state index contributed by atoms with van der Waals surface area (Å²) < 4.78 is 0. The quantitative estimate of drug-likeness (QED) is 0.658. The van der Waals surface area contributed by atoms with Crippen LogP contribution in [0.1, 0.15) is 19.8 Å². The Balaban J connectivity index is 1.82. The summed E-state index contributed by atoms with van der Waals surface area (Å²) in [5, 5.41) is 12.2. The highest BCUT2D eigenvalue weighted by Gasteiger charge is 2.24. The molecule has 0 bridgehead atoms. The maximum atomic E-state index is 6.01. The van der Waals surface area contributed by atoms with Gasteiger partial charge in [0, 0.05) is 34.4 Å². The van der Waals surface area contributed by atoms with E-state index >= 15 is 0 Å². The van der Waals surface area contributed by atoms with Crippen LogP contribution in [0, 0.1) is 5.92 Å². The minimum absolute atomic E-state index is 0.732. The monoisotopic (exact) mass is 337 g/mol. The van der Waals surface area contributed by atoms with Crippen molar-refractivity contribution in [2.75, 3.05) is 18.0 Å². The number of aromatic nitrogens is 2. The SMILES string of the molecule is CCC1CCN(c2nnc(-c3ccc(Cl)cc3)c3ccccc23)C1. The molecule has 0 aliphatic carbocycles. The molecule has 1 aliphatic heterocycles. The lowest BCUT2D eigenvalue weighted by Gasteiger charge is -2.19. The summed E-state index contributed by atoms with van der Waals surface area (Å²) in [6.07, 6.45) is 2.47. The van der Waals surface area contributed by atoms with Crippen molar-refractivity contribution in [2.24, 2.45) is 5.92 Å². The average Bonchev–Trinajstić information content (AvgIpc) is 3.10. The number of hydrogen-bond donors (Lipinski definition) is 0. The topological polar surface area (TPSA) is 29.0 Å². The molecule has 3 nitrogen and oxygen atoms in total. The van der Waals surface area contributed by atoms with E-state index in [1.165, 1.54) is 18.2 Å². The number of fused-ring (bicyclic) bond motifs is 1. The molecule has 0 spiro atoms. The van der Waals surface area contributed by atoms with E-state index in [-0.39, 0.29) is 0 Å². The standard InChI is InChI=1S/C20H20ClN3/c1-2-14-11-12-24(13-14)20-18-6-4-3-5-17(18)19(22-23-20)15-7-9-16(21)10-8-15/h3-10,14H,2,11-13H2,1H3. The van der Waals surface area contributed by atoms with Gasteiger partial charge in [0.05, 0.1) is 0 Å². The Bertz CT molecular complexity index is 860. The number of anilines is 1. The highest BCUT2D eigenvalue weighted by Crippen LogP contribution is 2.34. The van der Waals surface area contributed by atoms with Gasteiger partial charge in [-0.3, -0.25) is 0 Å². The summed E-state index contributed by atoms with van der Waals surface area (Å²) in [7, 11) is 0. The molecule has 2 aromatic carbocycles. The number of benzene rings is 2. The lowest BCUT2D eigenvalue weighted by molar-refractivity contribution is 0.568. The summed E-state index contributed by atoms with van der Waals surface area (Å²) in [5.74, 6) is 1.78. The second kappa shape index (κ2) is 6.40. The maximum absolute atomic E-state index is 6.01. The van der Waals surface area contributed by atoms with E-state index in [0.29, 0.717) is 0 Å². The predicted molar refractivity (Wildman–Crippen MR) is 101 cm³/mol. The molecule has 0 radical (unpaired) electrons. The molecule has 24 heavy (non-hydrogen) atoms. The van der Waals surface area contributed by atoms with Crippen molar-refractivity contribution in [1.82, 2.24) is 10.2 Å². The number of rotatable bonds is 3. The van der Waals surface area contributed by atoms with Crippen LogP contribution in [-0.2, 0) is 0 Å². The van der Waals surface area contributed by atoms with Crippen molar-refractivity contribution >= 4 is 28.2 Å². The Hall–Kier alpha value is -2.13. The van der Waals surface area contributed by atoms with Crippen LogP contribution in [0.5, 0.6) is 0 Å². The second-order valence-electron chi connectivity index (χ2n) is 6.43. The first kappa shape index (κ1) is 15.4. The molecule has 2 heterocycles. The van der Waals surface area contributed by atoms with Crippen LogP contribution in [0.3, 0.4) is 0 Å². The first-order valence-corrected chi connectivity index (χ1v) is 8.90. The largest absolute Gasteiger partial charge is 0.354 e. The zero-order chi connectivity index (χ0) is 16.5. The van der Waals surface area contributed by atoms with Gasteiger partial charge in [0.25, 0.3) is 0 Å². The molecule has 4 heteroatoms. The molecule has 0 N–H and O–H groups in total. The van der Waals surface area contributed by atoms with E-state index in [9.17, 15) is 0 Å². The fourth-order valence-electron chi connectivity index (χ4n) is 3.50. The molecule has 0 saturated carbocycles. The molecule has 1 fully saturated rings. The van der Waals surface area contributed by atoms with Crippen molar-refractivity contribution in [1.29, 1.82) is 0 Å². The van der Waals surface area contributed by atoms with E-state index in [1.54, 1.807) is 0 Å². The molecule has 3 aromatic rings. The first-order chi connectivity index (χ1) is 11.8. The number of halogens is 1. The van der Waals surface area contributed by atoms with E-state index < -0.39 is 0 Å². The lowest BCUT2D eigenvalue weighted by atomic mass is 10.0. The van der Waals surface area contributed by atoms with Gasteiger partial charge in [-0.25, -0.2) is 0 Å². The molecule has 4 rings (SSSR count). The van der Waals surface area contributed by atoms with E-state index in [0.717, 1.165) is 46.5 Å². The van der Waals surface area contributed by atoms with Crippen molar-refractivity contribution in [2.45, 2.75) is 19.8 Å². The molecular formula is C20H20ClN3. The molecule has 1 aromatic heterocycles. The third kappa shape index (κ3) is 2.73. The molecule has 1 atom stereocenters. The molecule has 1 aliphatic rings. The Morgan fingerprint density at radius 3 is 2.50 bits per heavy atom. The lowest BCUT2D eigenvalue weighted by Crippen LogP contribution is -2.21. The Morgan fingerprint density at radius 1 is 1.04 bits per heavy atom. The van der Waals surface area contributed by atoms with Gasteiger partial charge in [-0.1, -0.05) is 61.3 Å². The minimum atomic E-state index is 0.732. The molecule has 1 saturated heterocycles. The van der Waals surface area contributed by atoms with Crippen LogP contribution < -0.4 is 4.90 Å². The minimum Gasteiger partial charge on any atom is -0.354 e. The molecule has 0 amide bonds. The second-order valence-corrected chi connectivity index (χ2v) is 6.87. The van der Waals surface area contributed by atoms with E-state index in [1.807, 2.05) is 24.3 Å². The van der Waals surface area contributed by atoms with Crippen molar-refractivity contribution in [3.63, 3.8) is 0 Å². The van der Waals surface area contributed by atoms with Crippen LogP contribution in [0.4, 0.5) is 5.82 Å². The Morgan fingerprint density at radius 2 is 1.79 bits per heavy atom. The third-order valence-corrected chi connectivity index (χ3v) is 5.20. The zero-order valence-electron chi connectivity index (χ0n) is 13.7. The van der Waals surface area contributed by atoms with Crippen molar-refractivity contribution in [3.8, 4) is 11.3 Å². The van der Waals surface area contributed by atoms with Gasteiger partial charge in [-0.2, -0.15) is 0 Å². The summed E-state index contributed by atoms with van der Waals surface area (Å²) in [4.78, 5) is 2.38. The van der Waals surface area contributed by atoms with Crippen LogP contribution in [0.15, 0.2) is 48.5 Å².